The van der Waals surface area contributed by atoms with Crippen molar-refractivity contribution >= 4 is 11.6 Å². The van der Waals surface area contributed by atoms with E-state index in [2.05, 4.69) is 12.2 Å². The lowest BCUT2D eigenvalue weighted by atomic mass is 10.2. The van der Waals surface area contributed by atoms with Crippen LogP contribution in [0, 0.1) is 5.82 Å². The van der Waals surface area contributed by atoms with Crippen molar-refractivity contribution in [2.24, 2.45) is 0 Å². The molecule has 1 unspecified atom stereocenters. The maximum Gasteiger partial charge on any atom is 0.145 e. The lowest BCUT2D eigenvalue weighted by Gasteiger charge is -2.18. The smallest absolute Gasteiger partial charge is 0.145 e. The zero-order valence-electron chi connectivity index (χ0n) is 9.88. The molecule has 1 atom stereocenters. The fourth-order valence-corrected chi connectivity index (χ4v) is 1.72. The lowest BCUT2D eigenvalue weighted by molar-refractivity contribution is 0.192. The normalized spacial score (nSPS) is 16.9. The molecule has 0 aliphatic heterocycles. The number of halogens is 2. The Kier molecular flexibility index (Phi) is 4.24. The van der Waals surface area contributed by atoms with E-state index in [4.69, 9.17) is 16.3 Å². The van der Waals surface area contributed by atoms with E-state index >= 15 is 0 Å². The molecule has 1 fully saturated rings. The second-order valence-electron chi connectivity index (χ2n) is 4.41. The molecule has 0 amide bonds. The van der Waals surface area contributed by atoms with Crippen LogP contribution >= 0.6 is 11.6 Å². The summed E-state index contributed by atoms with van der Waals surface area (Å²) in [5.74, 6) is 0.102. The Labute approximate surface area is 106 Å². The summed E-state index contributed by atoms with van der Waals surface area (Å²) in [6.07, 6.45) is 3.48. The molecule has 2 rings (SSSR count). The molecule has 0 saturated heterocycles. The molecule has 1 aliphatic carbocycles. The van der Waals surface area contributed by atoms with Gasteiger partial charge in [0, 0.05) is 18.7 Å². The van der Waals surface area contributed by atoms with Gasteiger partial charge >= 0.3 is 0 Å². The summed E-state index contributed by atoms with van der Waals surface area (Å²) in [5.41, 5.74) is 0. The number of hydrogen-bond donors (Lipinski definition) is 1. The van der Waals surface area contributed by atoms with E-state index in [-0.39, 0.29) is 11.1 Å². The summed E-state index contributed by atoms with van der Waals surface area (Å²) in [5, 5.41) is 3.54. The summed E-state index contributed by atoms with van der Waals surface area (Å²) in [6, 6.07) is 5.22. The van der Waals surface area contributed by atoms with Crippen LogP contribution < -0.4 is 10.1 Å². The lowest BCUT2D eigenvalue weighted by Crippen LogP contribution is -2.32. The van der Waals surface area contributed by atoms with Crippen molar-refractivity contribution in [3.8, 4) is 5.75 Å². The van der Waals surface area contributed by atoms with Gasteiger partial charge in [-0.25, -0.2) is 4.39 Å². The van der Waals surface area contributed by atoms with Crippen LogP contribution in [0.3, 0.4) is 0 Å². The fraction of sp³-hybridized carbons (Fsp3) is 0.538. The fourth-order valence-electron chi connectivity index (χ4n) is 1.60. The molecule has 17 heavy (non-hydrogen) atoms. The molecule has 0 aromatic heterocycles. The Hall–Kier alpha value is -0.800. The van der Waals surface area contributed by atoms with Gasteiger partial charge in [0.15, 0.2) is 0 Å². The van der Waals surface area contributed by atoms with Crippen LogP contribution in [0.2, 0.25) is 5.02 Å². The molecule has 0 spiro atoms. The predicted molar refractivity (Wildman–Crippen MR) is 67.1 cm³/mol. The molecule has 0 radical (unpaired) electrons. The average Bonchev–Trinajstić information content (AvgIpc) is 3.13. The summed E-state index contributed by atoms with van der Waals surface area (Å²) in [7, 11) is 0. The quantitative estimate of drug-likeness (QED) is 0.844. The molecule has 0 heterocycles. The SMILES string of the molecule is CCC(CNC1CC1)Oc1ccc(Cl)c(F)c1. The summed E-state index contributed by atoms with van der Waals surface area (Å²) in [4.78, 5) is 0. The van der Waals surface area contributed by atoms with Gasteiger partial charge in [0.2, 0.25) is 0 Å². The monoisotopic (exact) mass is 257 g/mol. The van der Waals surface area contributed by atoms with Crippen LogP contribution in [0.15, 0.2) is 18.2 Å². The molecule has 2 nitrogen and oxygen atoms in total. The number of nitrogens with one attached hydrogen (secondary N) is 1. The number of ether oxygens (including phenoxy) is 1. The molecule has 1 aromatic rings. The molecule has 1 N–H and O–H groups in total. The summed E-state index contributed by atoms with van der Waals surface area (Å²) in [6.45, 7) is 2.87. The Morgan fingerprint density at radius 2 is 2.29 bits per heavy atom. The van der Waals surface area contributed by atoms with E-state index in [1.54, 1.807) is 6.07 Å². The average molecular weight is 258 g/mol. The van der Waals surface area contributed by atoms with Crippen molar-refractivity contribution in [2.45, 2.75) is 38.3 Å². The van der Waals surface area contributed by atoms with Crippen molar-refractivity contribution < 1.29 is 9.13 Å². The van der Waals surface area contributed by atoms with Gasteiger partial charge < -0.3 is 10.1 Å². The molecular formula is C13H17ClFNO. The minimum atomic E-state index is -0.436. The third kappa shape index (κ3) is 3.86. The van der Waals surface area contributed by atoms with Gasteiger partial charge in [0.25, 0.3) is 0 Å². The van der Waals surface area contributed by atoms with Gasteiger partial charge in [-0.2, -0.15) is 0 Å². The Bertz CT molecular complexity index is 382. The van der Waals surface area contributed by atoms with Crippen molar-refractivity contribution in [1.82, 2.24) is 5.32 Å². The third-order valence-corrected chi connectivity index (χ3v) is 3.17. The highest BCUT2D eigenvalue weighted by Gasteiger charge is 2.22. The van der Waals surface area contributed by atoms with Crippen LogP contribution in [0.4, 0.5) is 4.39 Å². The first-order valence-electron chi connectivity index (χ1n) is 6.04. The number of rotatable bonds is 6. The van der Waals surface area contributed by atoms with Gasteiger partial charge in [-0.1, -0.05) is 18.5 Å². The van der Waals surface area contributed by atoms with Gasteiger partial charge in [-0.05, 0) is 31.4 Å². The standard InChI is InChI=1S/C13H17ClFNO/c1-2-10(8-16-9-3-4-9)17-11-5-6-12(14)13(15)7-11/h5-7,9-10,16H,2-4,8H2,1H3. The van der Waals surface area contributed by atoms with Crippen LogP contribution in [-0.2, 0) is 0 Å². The molecule has 94 valence electrons. The maximum atomic E-state index is 13.2. The van der Waals surface area contributed by atoms with E-state index in [1.807, 2.05) is 0 Å². The van der Waals surface area contributed by atoms with Crippen LogP contribution in [-0.4, -0.2) is 18.7 Å². The Morgan fingerprint density at radius 3 is 2.88 bits per heavy atom. The predicted octanol–water partition coefficient (Wildman–Crippen LogP) is 3.39. The van der Waals surface area contributed by atoms with Gasteiger partial charge in [-0.3, -0.25) is 0 Å². The first kappa shape index (κ1) is 12.7. The van der Waals surface area contributed by atoms with Crippen LogP contribution in [0.25, 0.3) is 0 Å². The maximum absolute atomic E-state index is 13.2. The van der Waals surface area contributed by atoms with Crippen LogP contribution in [0.5, 0.6) is 5.75 Å². The highest BCUT2D eigenvalue weighted by Crippen LogP contribution is 2.22. The van der Waals surface area contributed by atoms with Crippen molar-refractivity contribution in [2.75, 3.05) is 6.54 Å². The van der Waals surface area contributed by atoms with Gasteiger partial charge in [0.1, 0.15) is 17.7 Å². The van der Waals surface area contributed by atoms with Crippen molar-refractivity contribution in [3.05, 3.63) is 29.0 Å². The van der Waals surface area contributed by atoms with E-state index in [9.17, 15) is 4.39 Å². The molecular weight excluding hydrogens is 241 g/mol. The number of benzene rings is 1. The second kappa shape index (κ2) is 5.69. The molecule has 1 saturated carbocycles. The van der Waals surface area contributed by atoms with Crippen molar-refractivity contribution in [3.63, 3.8) is 0 Å². The summed E-state index contributed by atoms with van der Waals surface area (Å²) >= 11 is 5.62. The number of hydrogen-bond acceptors (Lipinski definition) is 2. The molecule has 1 aromatic carbocycles. The molecule has 4 heteroatoms. The van der Waals surface area contributed by atoms with E-state index < -0.39 is 5.82 Å². The Balaban J connectivity index is 1.89. The first-order chi connectivity index (χ1) is 8.19. The van der Waals surface area contributed by atoms with Crippen LogP contribution in [0.1, 0.15) is 26.2 Å². The zero-order valence-corrected chi connectivity index (χ0v) is 10.6. The minimum absolute atomic E-state index is 0.0798. The minimum Gasteiger partial charge on any atom is -0.489 e. The van der Waals surface area contributed by atoms with E-state index in [1.165, 1.54) is 25.0 Å². The highest BCUT2D eigenvalue weighted by molar-refractivity contribution is 6.30. The summed E-state index contributed by atoms with van der Waals surface area (Å²) < 4.78 is 18.9. The largest absolute Gasteiger partial charge is 0.489 e. The molecule has 0 bridgehead atoms. The topological polar surface area (TPSA) is 21.3 Å². The van der Waals surface area contributed by atoms with Gasteiger partial charge in [0.05, 0.1) is 5.02 Å². The first-order valence-corrected chi connectivity index (χ1v) is 6.42. The molecule has 1 aliphatic rings. The second-order valence-corrected chi connectivity index (χ2v) is 4.81. The Morgan fingerprint density at radius 1 is 1.53 bits per heavy atom. The zero-order chi connectivity index (χ0) is 12.3. The van der Waals surface area contributed by atoms with Crippen molar-refractivity contribution in [1.29, 1.82) is 0 Å². The van der Waals surface area contributed by atoms with Gasteiger partial charge in [-0.15, -0.1) is 0 Å². The van der Waals surface area contributed by atoms with E-state index in [0.717, 1.165) is 13.0 Å². The third-order valence-electron chi connectivity index (χ3n) is 2.86. The highest BCUT2D eigenvalue weighted by atomic mass is 35.5. The van der Waals surface area contributed by atoms with E-state index in [0.29, 0.717) is 11.8 Å².